The van der Waals surface area contributed by atoms with Gasteiger partial charge in [0.2, 0.25) is 5.88 Å². The summed E-state index contributed by atoms with van der Waals surface area (Å²) >= 11 is 3.23. The number of benzene rings is 1. The number of pyridine rings is 1. The molecule has 0 aliphatic heterocycles. The molecule has 0 aliphatic carbocycles. The average molecular weight is 338 g/mol. The Bertz CT molecular complexity index is 798. The summed E-state index contributed by atoms with van der Waals surface area (Å²) in [5.41, 5.74) is 0.0732. The Morgan fingerprint density at radius 1 is 1.10 bits per heavy atom. The monoisotopic (exact) mass is 337 g/mol. The molecule has 0 saturated heterocycles. The van der Waals surface area contributed by atoms with Crippen LogP contribution < -0.4 is 4.74 Å². The molecule has 3 aromatic rings. The molecule has 4 nitrogen and oxygen atoms in total. The lowest BCUT2D eigenvalue weighted by Gasteiger charge is -2.06. The maximum atomic E-state index is 13.5. The SMILES string of the molecule is Fc1ccc2nc(Oc3cccnc3Br)cnc2c1F. The van der Waals surface area contributed by atoms with E-state index in [1.54, 1.807) is 18.3 Å². The molecular formula is C13H6BrF2N3O. The number of halogens is 3. The van der Waals surface area contributed by atoms with Crippen molar-refractivity contribution in [3.63, 3.8) is 0 Å². The Morgan fingerprint density at radius 3 is 2.75 bits per heavy atom. The molecule has 0 amide bonds. The zero-order valence-electron chi connectivity index (χ0n) is 9.85. The number of fused-ring (bicyclic) bond motifs is 1. The predicted molar refractivity (Wildman–Crippen MR) is 71.5 cm³/mol. The van der Waals surface area contributed by atoms with Crippen molar-refractivity contribution in [2.24, 2.45) is 0 Å². The molecule has 7 heteroatoms. The molecular weight excluding hydrogens is 332 g/mol. The standard InChI is InChI=1S/C13H6BrF2N3O/c14-13-9(2-1-5-17-13)20-10-6-18-12-8(19-10)4-3-7(15)11(12)16/h1-6H. The van der Waals surface area contributed by atoms with E-state index in [-0.39, 0.29) is 16.9 Å². The summed E-state index contributed by atoms with van der Waals surface area (Å²) in [5, 5.41) is 0. The topological polar surface area (TPSA) is 47.9 Å². The van der Waals surface area contributed by atoms with Gasteiger partial charge in [0.25, 0.3) is 0 Å². The fourth-order valence-corrected chi connectivity index (χ4v) is 1.95. The molecule has 0 bridgehead atoms. The Balaban J connectivity index is 2.02. The Labute approximate surface area is 120 Å². The van der Waals surface area contributed by atoms with E-state index in [1.165, 1.54) is 12.3 Å². The van der Waals surface area contributed by atoms with Crippen molar-refractivity contribution in [1.29, 1.82) is 0 Å². The zero-order chi connectivity index (χ0) is 14.1. The Kier molecular flexibility index (Phi) is 3.27. The molecule has 20 heavy (non-hydrogen) atoms. The first-order valence-electron chi connectivity index (χ1n) is 5.54. The minimum Gasteiger partial charge on any atom is -0.435 e. The molecule has 3 rings (SSSR count). The van der Waals surface area contributed by atoms with Crippen molar-refractivity contribution in [2.75, 3.05) is 0 Å². The summed E-state index contributed by atoms with van der Waals surface area (Å²) in [7, 11) is 0. The van der Waals surface area contributed by atoms with Crippen molar-refractivity contribution in [3.05, 3.63) is 52.9 Å². The van der Waals surface area contributed by atoms with Gasteiger partial charge in [-0.15, -0.1) is 0 Å². The summed E-state index contributed by atoms with van der Waals surface area (Å²) in [6, 6.07) is 5.72. The number of hydrogen-bond donors (Lipinski definition) is 0. The molecule has 0 atom stereocenters. The molecule has 0 unspecified atom stereocenters. The fraction of sp³-hybridized carbons (Fsp3) is 0. The second kappa shape index (κ2) is 5.09. The lowest BCUT2D eigenvalue weighted by molar-refractivity contribution is 0.456. The van der Waals surface area contributed by atoms with Crippen molar-refractivity contribution in [3.8, 4) is 11.6 Å². The third-order valence-corrected chi connectivity index (χ3v) is 3.12. The van der Waals surface area contributed by atoms with Gasteiger partial charge in [-0.05, 0) is 40.2 Å². The second-order valence-electron chi connectivity index (χ2n) is 3.83. The Morgan fingerprint density at radius 2 is 1.95 bits per heavy atom. The normalized spacial score (nSPS) is 10.8. The number of rotatable bonds is 2. The third-order valence-electron chi connectivity index (χ3n) is 2.52. The van der Waals surface area contributed by atoms with Gasteiger partial charge in [-0.1, -0.05) is 0 Å². The quantitative estimate of drug-likeness (QED) is 0.666. The molecule has 0 fully saturated rings. The van der Waals surface area contributed by atoms with Gasteiger partial charge in [-0.2, -0.15) is 0 Å². The minimum absolute atomic E-state index is 0.136. The van der Waals surface area contributed by atoms with Gasteiger partial charge in [0.05, 0.1) is 11.7 Å². The second-order valence-corrected chi connectivity index (χ2v) is 4.58. The van der Waals surface area contributed by atoms with Crippen LogP contribution in [0.15, 0.2) is 41.3 Å². The van der Waals surface area contributed by atoms with Gasteiger partial charge in [0.15, 0.2) is 17.4 Å². The van der Waals surface area contributed by atoms with Crippen LogP contribution in [-0.2, 0) is 0 Å². The van der Waals surface area contributed by atoms with E-state index in [2.05, 4.69) is 30.9 Å². The molecule has 2 heterocycles. The molecule has 2 aromatic heterocycles. The first-order chi connectivity index (χ1) is 9.65. The van der Waals surface area contributed by atoms with E-state index in [0.717, 1.165) is 6.07 Å². The highest BCUT2D eigenvalue weighted by Crippen LogP contribution is 2.27. The fourth-order valence-electron chi connectivity index (χ4n) is 1.62. The summed E-state index contributed by atoms with van der Waals surface area (Å²) in [5.74, 6) is -1.37. The lowest BCUT2D eigenvalue weighted by Crippen LogP contribution is -1.95. The highest BCUT2D eigenvalue weighted by molar-refractivity contribution is 9.10. The van der Waals surface area contributed by atoms with E-state index in [0.29, 0.717) is 10.4 Å². The van der Waals surface area contributed by atoms with Crippen LogP contribution in [0.25, 0.3) is 11.0 Å². The molecule has 0 aliphatic rings. The number of ether oxygens (including phenoxy) is 1. The van der Waals surface area contributed by atoms with Crippen LogP contribution in [0, 0.1) is 11.6 Å². The van der Waals surface area contributed by atoms with Crippen LogP contribution in [0.5, 0.6) is 11.6 Å². The number of hydrogen-bond acceptors (Lipinski definition) is 4. The van der Waals surface area contributed by atoms with Crippen LogP contribution in [0.2, 0.25) is 0 Å². The average Bonchev–Trinajstić information content (AvgIpc) is 2.46. The van der Waals surface area contributed by atoms with E-state index in [9.17, 15) is 8.78 Å². The van der Waals surface area contributed by atoms with Gasteiger partial charge < -0.3 is 4.74 Å². The summed E-state index contributed by atoms with van der Waals surface area (Å²) < 4.78 is 32.5. The van der Waals surface area contributed by atoms with Crippen LogP contribution in [0.4, 0.5) is 8.78 Å². The van der Waals surface area contributed by atoms with Crippen LogP contribution >= 0.6 is 15.9 Å². The predicted octanol–water partition coefficient (Wildman–Crippen LogP) is 3.86. The van der Waals surface area contributed by atoms with Gasteiger partial charge in [-0.25, -0.2) is 23.7 Å². The van der Waals surface area contributed by atoms with Crippen molar-refractivity contribution in [1.82, 2.24) is 15.0 Å². The molecule has 0 N–H and O–H groups in total. The van der Waals surface area contributed by atoms with Crippen LogP contribution in [-0.4, -0.2) is 15.0 Å². The van der Waals surface area contributed by atoms with Gasteiger partial charge in [-0.3, -0.25) is 0 Å². The van der Waals surface area contributed by atoms with E-state index in [1.807, 2.05) is 0 Å². The lowest BCUT2D eigenvalue weighted by atomic mass is 10.3. The highest BCUT2D eigenvalue weighted by Gasteiger charge is 2.11. The van der Waals surface area contributed by atoms with E-state index in [4.69, 9.17) is 4.74 Å². The third kappa shape index (κ3) is 2.32. The maximum absolute atomic E-state index is 13.5. The molecule has 0 spiro atoms. The zero-order valence-corrected chi connectivity index (χ0v) is 11.4. The molecule has 0 saturated carbocycles. The van der Waals surface area contributed by atoms with Crippen LogP contribution in [0.1, 0.15) is 0 Å². The molecule has 0 radical (unpaired) electrons. The first kappa shape index (κ1) is 12.9. The largest absolute Gasteiger partial charge is 0.435 e. The number of nitrogens with zero attached hydrogens (tertiary/aromatic N) is 3. The molecule has 100 valence electrons. The van der Waals surface area contributed by atoms with E-state index >= 15 is 0 Å². The van der Waals surface area contributed by atoms with Gasteiger partial charge in [0.1, 0.15) is 10.1 Å². The van der Waals surface area contributed by atoms with E-state index < -0.39 is 11.6 Å². The van der Waals surface area contributed by atoms with Gasteiger partial charge >= 0.3 is 0 Å². The summed E-state index contributed by atoms with van der Waals surface area (Å²) in [6.07, 6.45) is 2.82. The summed E-state index contributed by atoms with van der Waals surface area (Å²) in [6.45, 7) is 0. The van der Waals surface area contributed by atoms with Gasteiger partial charge in [0, 0.05) is 6.20 Å². The number of aromatic nitrogens is 3. The van der Waals surface area contributed by atoms with Crippen molar-refractivity contribution >= 4 is 27.0 Å². The summed E-state index contributed by atoms with van der Waals surface area (Å²) in [4.78, 5) is 11.9. The molecule has 1 aromatic carbocycles. The van der Waals surface area contributed by atoms with Crippen molar-refractivity contribution in [2.45, 2.75) is 0 Å². The minimum atomic E-state index is -1.02. The van der Waals surface area contributed by atoms with Crippen LogP contribution in [0.3, 0.4) is 0 Å². The first-order valence-corrected chi connectivity index (χ1v) is 6.33. The maximum Gasteiger partial charge on any atom is 0.238 e. The van der Waals surface area contributed by atoms with Crippen molar-refractivity contribution < 1.29 is 13.5 Å². The Hall–Kier alpha value is -2.15. The highest BCUT2D eigenvalue weighted by atomic mass is 79.9. The smallest absolute Gasteiger partial charge is 0.238 e.